The Balaban J connectivity index is 2.55. The molecule has 0 fully saturated rings. The van der Waals surface area contributed by atoms with E-state index in [1.54, 1.807) is 30.9 Å². The smallest absolute Gasteiger partial charge is 0.214 e. The highest BCUT2D eigenvalue weighted by Crippen LogP contribution is 2.20. The Labute approximate surface area is 107 Å². The number of rotatable bonds is 2. The van der Waals surface area contributed by atoms with Gasteiger partial charge in [0.05, 0.1) is 22.1 Å². The highest BCUT2D eigenvalue weighted by atomic mass is 79.9. The van der Waals surface area contributed by atoms with Gasteiger partial charge in [0, 0.05) is 12.6 Å². The number of aromatic nitrogens is 4. The number of hydrogen-bond acceptors (Lipinski definition) is 4. The van der Waals surface area contributed by atoms with Crippen LogP contribution in [0.2, 0.25) is 0 Å². The van der Waals surface area contributed by atoms with Crippen molar-refractivity contribution in [3.63, 3.8) is 0 Å². The summed E-state index contributed by atoms with van der Waals surface area (Å²) in [6.07, 6.45) is 1.60. The minimum absolute atomic E-state index is 0.104. The lowest BCUT2D eigenvalue weighted by Crippen LogP contribution is -2.12. The Kier molecular flexibility index (Phi) is 3.06. The summed E-state index contributed by atoms with van der Waals surface area (Å²) in [4.78, 5) is 12.4. The van der Waals surface area contributed by atoms with E-state index in [4.69, 9.17) is 0 Å². The third-order valence-corrected chi connectivity index (χ3v) is 3.03. The first-order valence-corrected chi connectivity index (χ1v) is 5.83. The second-order valence-corrected chi connectivity index (χ2v) is 4.63. The van der Waals surface area contributed by atoms with Crippen LogP contribution in [-0.2, 0) is 7.05 Å². The van der Waals surface area contributed by atoms with Gasteiger partial charge in [0.2, 0.25) is 5.78 Å². The van der Waals surface area contributed by atoms with E-state index in [1.807, 2.05) is 6.92 Å². The molecule has 88 valence electrons. The van der Waals surface area contributed by atoms with Gasteiger partial charge >= 0.3 is 0 Å². The minimum atomic E-state index is -0.104. The van der Waals surface area contributed by atoms with Gasteiger partial charge in [-0.2, -0.15) is 15.3 Å². The Hall–Kier alpha value is -1.56. The van der Waals surface area contributed by atoms with Crippen LogP contribution in [-0.4, -0.2) is 25.8 Å². The molecule has 6 heteroatoms. The summed E-state index contributed by atoms with van der Waals surface area (Å²) >= 11 is 3.32. The molecule has 2 aromatic heterocycles. The van der Waals surface area contributed by atoms with Gasteiger partial charge in [-0.3, -0.25) is 9.48 Å². The predicted octanol–water partition coefficient (Wildman–Crippen LogP) is 1.82. The monoisotopic (exact) mass is 294 g/mol. The molecular formula is C11H11BrN4O. The number of nitrogens with zero attached hydrogens (tertiary/aromatic N) is 4. The molecule has 2 rings (SSSR count). The Morgan fingerprint density at radius 1 is 1.35 bits per heavy atom. The van der Waals surface area contributed by atoms with Gasteiger partial charge in [-0.1, -0.05) is 0 Å². The number of aryl methyl sites for hydroxylation is 3. The van der Waals surface area contributed by atoms with E-state index in [0.717, 1.165) is 5.69 Å². The first kappa shape index (κ1) is 11.9. The Morgan fingerprint density at radius 2 is 2.06 bits per heavy atom. The molecule has 2 aromatic rings. The number of halogens is 1. The van der Waals surface area contributed by atoms with E-state index < -0.39 is 0 Å². The van der Waals surface area contributed by atoms with E-state index in [0.29, 0.717) is 21.4 Å². The number of ketones is 1. The molecule has 17 heavy (non-hydrogen) atoms. The maximum Gasteiger partial charge on any atom is 0.214 e. The molecule has 0 atom stereocenters. The molecule has 0 aliphatic heterocycles. The minimum Gasteiger partial charge on any atom is -0.287 e. The molecule has 0 saturated carbocycles. The topological polar surface area (TPSA) is 60.7 Å². The molecule has 0 saturated heterocycles. The second kappa shape index (κ2) is 4.37. The van der Waals surface area contributed by atoms with Crippen LogP contribution in [0.4, 0.5) is 0 Å². The summed E-state index contributed by atoms with van der Waals surface area (Å²) in [6, 6.07) is 1.74. The predicted molar refractivity (Wildman–Crippen MR) is 65.8 cm³/mol. The zero-order valence-electron chi connectivity index (χ0n) is 9.73. The third kappa shape index (κ3) is 2.12. The SMILES string of the molecule is Cc1cc(C(=O)c2c(Br)cnn2C)c(C)nn1. The summed E-state index contributed by atoms with van der Waals surface area (Å²) in [6.45, 7) is 3.57. The number of carbonyl (C=O) groups is 1. The van der Waals surface area contributed by atoms with Crippen molar-refractivity contribution in [1.29, 1.82) is 0 Å². The van der Waals surface area contributed by atoms with Gasteiger partial charge in [0.1, 0.15) is 5.69 Å². The first-order chi connectivity index (χ1) is 8.00. The van der Waals surface area contributed by atoms with Crippen LogP contribution in [0.15, 0.2) is 16.7 Å². The van der Waals surface area contributed by atoms with Crippen LogP contribution in [0.3, 0.4) is 0 Å². The second-order valence-electron chi connectivity index (χ2n) is 3.78. The molecule has 2 heterocycles. The number of hydrogen-bond donors (Lipinski definition) is 0. The maximum absolute atomic E-state index is 12.4. The van der Waals surface area contributed by atoms with Gasteiger partial charge in [-0.25, -0.2) is 0 Å². The fraction of sp³-hybridized carbons (Fsp3) is 0.273. The molecule has 0 aliphatic rings. The molecule has 5 nitrogen and oxygen atoms in total. The zero-order valence-corrected chi connectivity index (χ0v) is 11.3. The summed E-state index contributed by atoms with van der Waals surface area (Å²) in [5.74, 6) is -0.104. The van der Waals surface area contributed by atoms with Crippen molar-refractivity contribution in [2.75, 3.05) is 0 Å². The van der Waals surface area contributed by atoms with Crippen LogP contribution in [0.5, 0.6) is 0 Å². The Bertz CT molecular complexity index is 572. The van der Waals surface area contributed by atoms with Crippen LogP contribution in [0.1, 0.15) is 27.4 Å². The highest BCUT2D eigenvalue weighted by Gasteiger charge is 2.19. The first-order valence-electron chi connectivity index (χ1n) is 5.04. The average Bonchev–Trinajstić information content (AvgIpc) is 2.61. The van der Waals surface area contributed by atoms with Crippen LogP contribution in [0.25, 0.3) is 0 Å². The maximum atomic E-state index is 12.4. The van der Waals surface area contributed by atoms with Gasteiger partial charge in [-0.05, 0) is 35.8 Å². The van der Waals surface area contributed by atoms with Crippen molar-refractivity contribution in [3.8, 4) is 0 Å². The third-order valence-electron chi connectivity index (χ3n) is 2.45. The van der Waals surface area contributed by atoms with E-state index in [9.17, 15) is 4.79 Å². The van der Waals surface area contributed by atoms with Crippen molar-refractivity contribution < 1.29 is 4.79 Å². The lowest BCUT2D eigenvalue weighted by molar-refractivity contribution is 0.102. The Morgan fingerprint density at radius 3 is 2.65 bits per heavy atom. The van der Waals surface area contributed by atoms with E-state index in [1.165, 1.54) is 0 Å². The van der Waals surface area contributed by atoms with E-state index in [-0.39, 0.29) is 5.78 Å². The van der Waals surface area contributed by atoms with Gasteiger partial charge < -0.3 is 0 Å². The normalized spacial score (nSPS) is 10.6. The molecule has 0 N–H and O–H groups in total. The van der Waals surface area contributed by atoms with Crippen LogP contribution >= 0.6 is 15.9 Å². The lowest BCUT2D eigenvalue weighted by atomic mass is 10.1. The molecule has 0 bridgehead atoms. The molecule has 0 spiro atoms. The van der Waals surface area contributed by atoms with Crippen molar-refractivity contribution in [2.45, 2.75) is 13.8 Å². The van der Waals surface area contributed by atoms with Gasteiger partial charge in [-0.15, -0.1) is 0 Å². The van der Waals surface area contributed by atoms with Crippen molar-refractivity contribution in [2.24, 2.45) is 7.05 Å². The van der Waals surface area contributed by atoms with Crippen molar-refractivity contribution in [1.82, 2.24) is 20.0 Å². The summed E-state index contributed by atoms with van der Waals surface area (Å²) in [5, 5.41) is 11.9. The standard InChI is InChI=1S/C11H11BrN4O/c1-6-4-8(7(2)15-14-6)11(17)10-9(12)5-13-16(10)3/h4-5H,1-3H3. The molecule has 0 radical (unpaired) electrons. The van der Waals surface area contributed by atoms with Gasteiger partial charge in [0.25, 0.3) is 0 Å². The molecule has 0 aliphatic carbocycles. The quantitative estimate of drug-likeness (QED) is 0.793. The molecule has 0 aromatic carbocycles. The summed E-state index contributed by atoms with van der Waals surface area (Å²) in [7, 11) is 1.73. The molecule has 0 amide bonds. The lowest BCUT2D eigenvalue weighted by Gasteiger charge is -2.05. The average molecular weight is 295 g/mol. The fourth-order valence-electron chi connectivity index (χ4n) is 1.57. The van der Waals surface area contributed by atoms with Crippen LogP contribution < -0.4 is 0 Å². The zero-order chi connectivity index (χ0) is 12.6. The summed E-state index contributed by atoms with van der Waals surface area (Å²) < 4.78 is 2.22. The molecular weight excluding hydrogens is 284 g/mol. The summed E-state index contributed by atoms with van der Waals surface area (Å²) in [5.41, 5.74) is 2.41. The molecule has 0 unspecified atom stereocenters. The van der Waals surface area contributed by atoms with Crippen LogP contribution in [0, 0.1) is 13.8 Å². The van der Waals surface area contributed by atoms with E-state index in [2.05, 4.69) is 31.2 Å². The van der Waals surface area contributed by atoms with E-state index >= 15 is 0 Å². The fourth-order valence-corrected chi connectivity index (χ4v) is 2.10. The van der Waals surface area contributed by atoms with Gasteiger partial charge in [0.15, 0.2) is 0 Å². The largest absolute Gasteiger partial charge is 0.287 e. The highest BCUT2D eigenvalue weighted by molar-refractivity contribution is 9.10. The number of carbonyl (C=O) groups excluding carboxylic acids is 1. The van der Waals surface area contributed by atoms with Crippen molar-refractivity contribution >= 4 is 21.7 Å². The van der Waals surface area contributed by atoms with Crippen molar-refractivity contribution in [3.05, 3.63) is 39.4 Å².